The van der Waals surface area contributed by atoms with Gasteiger partial charge in [0.25, 0.3) is 11.6 Å². The van der Waals surface area contributed by atoms with Crippen LogP contribution in [-0.2, 0) is 4.79 Å². The van der Waals surface area contributed by atoms with E-state index >= 15 is 0 Å². The minimum absolute atomic E-state index is 0.0233. The van der Waals surface area contributed by atoms with Crippen LogP contribution < -0.4 is 14.4 Å². The van der Waals surface area contributed by atoms with Gasteiger partial charge < -0.3 is 19.3 Å². The average molecular weight is 440 g/mol. The second-order valence-electron chi connectivity index (χ2n) is 6.34. The number of nitrogens with zero attached hydrogens (tertiary/aromatic N) is 3. The fraction of sp³-hybridized carbons (Fsp3) is 0.316. The smallest absolute Gasteiger partial charge is 0.296 e. The molecule has 3 rings (SSSR count). The summed E-state index contributed by atoms with van der Waals surface area (Å²) in [7, 11) is 1.46. The molecule has 154 valence electrons. The Kier molecular flexibility index (Phi) is 6.66. The number of benzene rings is 2. The molecule has 0 spiro atoms. The van der Waals surface area contributed by atoms with Gasteiger partial charge in [-0.15, -0.1) is 0 Å². The molecular weight excluding hydrogens is 421 g/mol. The van der Waals surface area contributed by atoms with E-state index in [2.05, 4.69) is 0 Å². The van der Waals surface area contributed by atoms with Crippen molar-refractivity contribution in [3.8, 4) is 11.5 Å². The molecule has 1 fully saturated rings. The van der Waals surface area contributed by atoms with Crippen molar-refractivity contribution >= 4 is 40.5 Å². The van der Waals surface area contributed by atoms with Crippen molar-refractivity contribution < 1.29 is 19.2 Å². The van der Waals surface area contributed by atoms with E-state index in [-0.39, 0.29) is 18.2 Å². The minimum atomic E-state index is -0.431. The van der Waals surface area contributed by atoms with E-state index in [4.69, 9.17) is 32.7 Å². The summed E-state index contributed by atoms with van der Waals surface area (Å²) in [5.74, 6) is 0.629. The molecule has 0 aromatic heterocycles. The maximum atomic E-state index is 12.4. The summed E-state index contributed by atoms with van der Waals surface area (Å²) in [6, 6.07) is 9.54. The predicted octanol–water partition coefficient (Wildman–Crippen LogP) is 3.64. The zero-order valence-corrected chi connectivity index (χ0v) is 17.2. The highest BCUT2D eigenvalue weighted by Gasteiger charge is 2.26. The molecule has 10 heteroatoms. The quantitative estimate of drug-likeness (QED) is 0.504. The van der Waals surface area contributed by atoms with Crippen LogP contribution in [0.15, 0.2) is 36.4 Å². The lowest BCUT2D eigenvalue weighted by molar-refractivity contribution is -0.384. The number of carbonyl (C=O) groups is 1. The van der Waals surface area contributed by atoms with Gasteiger partial charge >= 0.3 is 0 Å². The lowest BCUT2D eigenvalue weighted by Crippen LogP contribution is -2.50. The maximum absolute atomic E-state index is 12.4. The molecule has 0 radical (unpaired) electrons. The van der Waals surface area contributed by atoms with Crippen molar-refractivity contribution in [3.05, 3.63) is 56.6 Å². The summed E-state index contributed by atoms with van der Waals surface area (Å²) in [6.45, 7) is 1.66. The number of amides is 1. The zero-order chi connectivity index (χ0) is 21.0. The fourth-order valence-corrected chi connectivity index (χ4v) is 3.53. The lowest BCUT2D eigenvalue weighted by atomic mass is 10.2. The molecule has 29 heavy (non-hydrogen) atoms. The van der Waals surface area contributed by atoms with Gasteiger partial charge in [0.1, 0.15) is 17.2 Å². The van der Waals surface area contributed by atoms with Gasteiger partial charge in [0.15, 0.2) is 6.61 Å². The first-order valence-corrected chi connectivity index (χ1v) is 9.57. The molecule has 2 aromatic carbocycles. The number of methoxy groups -OCH3 is 1. The van der Waals surface area contributed by atoms with Crippen LogP contribution >= 0.6 is 23.2 Å². The van der Waals surface area contributed by atoms with Crippen molar-refractivity contribution in [3.63, 3.8) is 0 Å². The second kappa shape index (κ2) is 9.19. The van der Waals surface area contributed by atoms with Gasteiger partial charge in [-0.3, -0.25) is 14.9 Å². The number of rotatable bonds is 6. The molecule has 0 saturated carbocycles. The summed E-state index contributed by atoms with van der Waals surface area (Å²) in [5, 5.41) is 12.2. The molecule has 1 aliphatic heterocycles. The Balaban J connectivity index is 1.59. The van der Waals surface area contributed by atoms with Gasteiger partial charge in [0.2, 0.25) is 0 Å². The number of carbonyl (C=O) groups excluding carboxylic acids is 1. The van der Waals surface area contributed by atoms with Gasteiger partial charge in [-0.2, -0.15) is 0 Å². The van der Waals surface area contributed by atoms with Crippen LogP contribution in [0.5, 0.6) is 11.5 Å². The van der Waals surface area contributed by atoms with Crippen LogP contribution in [0.3, 0.4) is 0 Å². The van der Waals surface area contributed by atoms with Gasteiger partial charge in [-0.25, -0.2) is 0 Å². The Bertz CT molecular complexity index is 917. The van der Waals surface area contributed by atoms with Crippen molar-refractivity contribution in [2.24, 2.45) is 0 Å². The van der Waals surface area contributed by atoms with Gasteiger partial charge in [-0.1, -0.05) is 23.2 Å². The molecule has 8 nitrogen and oxygen atoms in total. The van der Waals surface area contributed by atoms with E-state index < -0.39 is 4.92 Å². The van der Waals surface area contributed by atoms with Crippen LogP contribution in [0.1, 0.15) is 0 Å². The third-order valence-electron chi connectivity index (χ3n) is 4.60. The first-order valence-electron chi connectivity index (χ1n) is 8.82. The number of hydrogen-bond acceptors (Lipinski definition) is 6. The van der Waals surface area contributed by atoms with Gasteiger partial charge in [-0.05, 0) is 30.3 Å². The molecule has 1 saturated heterocycles. The monoisotopic (exact) mass is 439 g/mol. The number of hydrogen-bond donors (Lipinski definition) is 0. The van der Waals surface area contributed by atoms with E-state index in [9.17, 15) is 14.9 Å². The average Bonchev–Trinajstić information content (AvgIpc) is 2.72. The van der Waals surface area contributed by atoms with Crippen molar-refractivity contribution in [2.45, 2.75) is 0 Å². The summed E-state index contributed by atoms with van der Waals surface area (Å²) >= 11 is 11.9. The number of halogens is 2. The number of anilines is 1. The topological polar surface area (TPSA) is 85.2 Å². The van der Waals surface area contributed by atoms with Crippen molar-refractivity contribution in [1.82, 2.24) is 4.90 Å². The van der Waals surface area contributed by atoms with Crippen LogP contribution in [0, 0.1) is 10.1 Å². The number of piperazine rings is 1. The number of nitro benzene ring substituents is 1. The summed E-state index contributed by atoms with van der Waals surface area (Å²) < 4.78 is 10.6. The Labute approximate surface area is 177 Å². The second-order valence-corrected chi connectivity index (χ2v) is 7.19. The zero-order valence-electron chi connectivity index (χ0n) is 15.6. The Hall–Kier alpha value is -2.71. The van der Waals surface area contributed by atoms with Crippen LogP contribution in [0.2, 0.25) is 10.0 Å². The summed E-state index contributed by atoms with van der Waals surface area (Å²) in [4.78, 5) is 27.0. The van der Waals surface area contributed by atoms with Gasteiger partial charge in [0.05, 0.1) is 23.1 Å². The van der Waals surface area contributed by atoms with Crippen LogP contribution in [0.25, 0.3) is 0 Å². The Morgan fingerprint density at radius 2 is 1.86 bits per heavy atom. The first kappa shape index (κ1) is 21.0. The van der Waals surface area contributed by atoms with Crippen molar-refractivity contribution in [1.29, 1.82) is 0 Å². The molecule has 0 aliphatic carbocycles. The van der Waals surface area contributed by atoms with E-state index in [1.807, 2.05) is 4.90 Å². The van der Waals surface area contributed by atoms with E-state index in [0.29, 0.717) is 53.4 Å². The Morgan fingerprint density at radius 3 is 2.48 bits per heavy atom. The number of ether oxygens (including phenoxy) is 2. The molecule has 1 aliphatic rings. The van der Waals surface area contributed by atoms with E-state index in [0.717, 1.165) is 0 Å². The molecule has 1 amide bonds. The first-order chi connectivity index (χ1) is 13.9. The highest BCUT2D eigenvalue weighted by atomic mass is 35.5. The van der Waals surface area contributed by atoms with Gasteiger partial charge in [0, 0.05) is 31.2 Å². The normalized spacial score (nSPS) is 13.9. The summed E-state index contributed by atoms with van der Waals surface area (Å²) in [5.41, 5.74) is 0.483. The lowest BCUT2D eigenvalue weighted by Gasteiger charge is -2.35. The molecule has 2 aromatic rings. The SMILES string of the molecule is COc1ccc(N2CCN(C(=O)COc3ccc(Cl)cc3Cl)CC2)c([N+](=O)[O-])c1. The van der Waals surface area contributed by atoms with Crippen LogP contribution in [-0.4, -0.2) is 55.6 Å². The molecule has 0 atom stereocenters. The third-order valence-corrected chi connectivity index (χ3v) is 5.13. The molecular formula is C19H19Cl2N3O5. The number of nitro groups is 1. The highest BCUT2D eigenvalue weighted by Crippen LogP contribution is 2.32. The van der Waals surface area contributed by atoms with Crippen molar-refractivity contribution in [2.75, 3.05) is 44.8 Å². The van der Waals surface area contributed by atoms with Crippen LogP contribution in [0.4, 0.5) is 11.4 Å². The molecule has 1 heterocycles. The van der Waals surface area contributed by atoms with E-state index in [1.54, 1.807) is 35.2 Å². The minimum Gasteiger partial charge on any atom is -0.496 e. The highest BCUT2D eigenvalue weighted by molar-refractivity contribution is 6.35. The Morgan fingerprint density at radius 1 is 1.14 bits per heavy atom. The largest absolute Gasteiger partial charge is 0.496 e. The standard InChI is InChI=1S/C19H19Cl2N3O5/c1-28-14-3-4-16(17(11-14)24(26)27)22-6-8-23(9-7-22)19(25)12-29-18-5-2-13(20)10-15(18)21/h2-5,10-11H,6-9,12H2,1H3. The molecule has 0 N–H and O–H groups in total. The predicted molar refractivity (Wildman–Crippen MR) is 110 cm³/mol. The summed E-state index contributed by atoms with van der Waals surface area (Å²) in [6.07, 6.45) is 0. The fourth-order valence-electron chi connectivity index (χ4n) is 3.06. The maximum Gasteiger partial charge on any atom is 0.296 e. The molecule has 0 unspecified atom stereocenters. The molecule has 0 bridgehead atoms. The van der Waals surface area contributed by atoms with E-state index in [1.165, 1.54) is 13.2 Å². The third kappa shape index (κ3) is 5.02.